The van der Waals surface area contributed by atoms with Gasteiger partial charge in [0, 0.05) is 5.92 Å². The molecule has 1 atom stereocenters. The summed E-state index contributed by atoms with van der Waals surface area (Å²) in [6, 6.07) is 8.26. The molecule has 0 aliphatic heterocycles. The van der Waals surface area contributed by atoms with Gasteiger partial charge in [-0.05, 0) is 44.2 Å². The number of fused-ring (bicyclic) bond motifs is 1. The highest BCUT2D eigenvalue weighted by atomic mass is 16.3. The molecule has 2 heteroatoms. The average Bonchev–Trinajstić information content (AvgIpc) is 2.26. The maximum atomic E-state index is 12.0. The third-order valence-corrected chi connectivity index (χ3v) is 3.32. The number of benzene rings is 1. The summed E-state index contributed by atoms with van der Waals surface area (Å²) in [6.45, 7) is 3.16. The summed E-state index contributed by atoms with van der Waals surface area (Å²) < 4.78 is 0. The van der Waals surface area contributed by atoms with Crippen molar-refractivity contribution in [2.45, 2.75) is 38.7 Å². The summed E-state index contributed by atoms with van der Waals surface area (Å²) in [4.78, 5) is 12.0. The van der Waals surface area contributed by atoms with Gasteiger partial charge in [-0.1, -0.05) is 24.3 Å². The predicted octanol–water partition coefficient (Wildman–Crippen LogP) is 2.13. The van der Waals surface area contributed by atoms with E-state index in [4.69, 9.17) is 0 Å². The van der Waals surface area contributed by atoms with Gasteiger partial charge in [0.1, 0.15) is 5.60 Å². The molecule has 1 aliphatic carbocycles. The molecule has 1 aliphatic rings. The third-order valence-electron chi connectivity index (χ3n) is 3.32. The summed E-state index contributed by atoms with van der Waals surface area (Å²) in [5.41, 5.74) is 1.41. The molecule has 1 aromatic rings. The van der Waals surface area contributed by atoms with Crippen LogP contribution in [0.25, 0.3) is 0 Å². The summed E-state index contributed by atoms with van der Waals surface area (Å²) in [7, 11) is 0. The second kappa shape index (κ2) is 4.02. The van der Waals surface area contributed by atoms with Crippen molar-refractivity contribution in [3.05, 3.63) is 35.4 Å². The number of carbonyl (C=O) groups excluding carboxylic acids is 1. The molecule has 1 unspecified atom stereocenters. The molecule has 2 rings (SSSR count). The molecule has 16 heavy (non-hydrogen) atoms. The molecule has 0 spiro atoms. The first-order valence-electron chi connectivity index (χ1n) is 5.82. The van der Waals surface area contributed by atoms with Crippen LogP contribution in [0.2, 0.25) is 0 Å². The van der Waals surface area contributed by atoms with Gasteiger partial charge in [0.05, 0.1) is 0 Å². The lowest BCUT2D eigenvalue weighted by Gasteiger charge is -2.28. The minimum atomic E-state index is -1.20. The van der Waals surface area contributed by atoms with Gasteiger partial charge in [0.25, 0.3) is 0 Å². The fourth-order valence-electron chi connectivity index (χ4n) is 2.42. The van der Waals surface area contributed by atoms with Gasteiger partial charge in [0.2, 0.25) is 0 Å². The molecular formula is C14H18O2. The van der Waals surface area contributed by atoms with Gasteiger partial charge < -0.3 is 5.11 Å². The Labute approximate surface area is 96.3 Å². The van der Waals surface area contributed by atoms with E-state index in [0.717, 1.165) is 19.3 Å². The lowest BCUT2D eigenvalue weighted by atomic mass is 9.78. The second-order valence-electron chi connectivity index (χ2n) is 5.13. The van der Waals surface area contributed by atoms with Gasteiger partial charge in [0.15, 0.2) is 5.78 Å². The Morgan fingerprint density at radius 3 is 2.56 bits per heavy atom. The number of hydrogen-bond acceptors (Lipinski definition) is 2. The number of aryl methyl sites for hydroxylation is 1. The first-order chi connectivity index (χ1) is 7.48. The van der Waals surface area contributed by atoms with Gasteiger partial charge in [-0.25, -0.2) is 0 Å². The van der Waals surface area contributed by atoms with Crippen molar-refractivity contribution in [1.29, 1.82) is 0 Å². The third kappa shape index (κ3) is 2.17. The van der Waals surface area contributed by atoms with Gasteiger partial charge in [-0.2, -0.15) is 0 Å². The average molecular weight is 218 g/mol. The van der Waals surface area contributed by atoms with E-state index >= 15 is 0 Å². The van der Waals surface area contributed by atoms with Crippen molar-refractivity contribution in [2.24, 2.45) is 5.92 Å². The lowest BCUT2D eigenvalue weighted by Crippen LogP contribution is -2.39. The largest absolute Gasteiger partial charge is 0.383 e. The van der Waals surface area contributed by atoms with Gasteiger partial charge in [-0.3, -0.25) is 4.79 Å². The molecule has 86 valence electrons. The van der Waals surface area contributed by atoms with Crippen LogP contribution in [0.5, 0.6) is 0 Å². The number of carbonyl (C=O) groups is 1. The van der Waals surface area contributed by atoms with E-state index < -0.39 is 5.60 Å². The molecule has 0 amide bonds. The number of aliphatic hydroxyl groups is 1. The standard InChI is InChI=1S/C14H18O2/c1-14(2,16)13(15)12-8-7-10-5-3-4-6-11(10)9-12/h3-6,12,16H,7-9H2,1-2H3. The van der Waals surface area contributed by atoms with Crippen molar-refractivity contribution >= 4 is 5.78 Å². The van der Waals surface area contributed by atoms with Crippen LogP contribution in [0.3, 0.4) is 0 Å². The van der Waals surface area contributed by atoms with E-state index in [-0.39, 0.29) is 11.7 Å². The minimum absolute atomic E-state index is 0.0186. The van der Waals surface area contributed by atoms with E-state index in [0.29, 0.717) is 0 Å². The Morgan fingerprint density at radius 1 is 1.31 bits per heavy atom. The Hall–Kier alpha value is -1.15. The van der Waals surface area contributed by atoms with Crippen LogP contribution in [-0.2, 0) is 17.6 Å². The molecule has 0 saturated heterocycles. The number of Topliss-reactive ketones (excluding diaryl/α,β-unsaturated/α-hetero) is 1. The molecule has 0 heterocycles. The van der Waals surface area contributed by atoms with Gasteiger partial charge in [-0.15, -0.1) is 0 Å². The van der Waals surface area contributed by atoms with Crippen LogP contribution in [-0.4, -0.2) is 16.5 Å². The quantitative estimate of drug-likeness (QED) is 0.825. The highest BCUT2D eigenvalue weighted by Gasteiger charge is 2.33. The van der Waals surface area contributed by atoms with Crippen molar-refractivity contribution in [3.8, 4) is 0 Å². The van der Waals surface area contributed by atoms with E-state index in [9.17, 15) is 9.90 Å². The summed E-state index contributed by atoms with van der Waals surface area (Å²) in [6.07, 6.45) is 2.58. The van der Waals surface area contributed by atoms with E-state index in [1.165, 1.54) is 11.1 Å². The van der Waals surface area contributed by atoms with Crippen LogP contribution in [0.4, 0.5) is 0 Å². The fraction of sp³-hybridized carbons (Fsp3) is 0.500. The molecule has 0 aromatic heterocycles. The molecule has 0 saturated carbocycles. The Balaban J connectivity index is 2.17. The monoisotopic (exact) mass is 218 g/mol. The predicted molar refractivity (Wildman–Crippen MR) is 63.3 cm³/mol. The van der Waals surface area contributed by atoms with E-state index in [1.54, 1.807) is 13.8 Å². The van der Waals surface area contributed by atoms with E-state index in [1.807, 2.05) is 12.1 Å². The zero-order valence-corrected chi connectivity index (χ0v) is 9.86. The highest BCUT2D eigenvalue weighted by Crippen LogP contribution is 2.28. The van der Waals surface area contributed by atoms with Crippen molar-refractivity contribution in [1.82, 2.24) is 0 Å². The van der Waals surface area contributed by atoms with Crippen LogP contribution in [0.15, 0.2) is 24.3 Å². The van der Waals surface area contributed by atoms with Gasteiger partial charge >= 0.3 is 0 Å². The molecule has 0 fully saturated rings. The molecule has 1 N–H and O–H groups in total. The zero-order chi connectivity index (χ0) is 11.8. The Morgan fingerprint density at radius 2 is 1.94 bits per heavy atom. The number of ketones is 1. The first kappa shape index (κ1) is 11.3. The Bertz CT molecular complexity index is 401. The molecule has 2 nitrogen and oxygen atoms in total. The highest BCUT2D eigenvalue weighted by molar-refractivity contribution is 5.88. The minimum Gasteiger partial charge on any atom is -0.383 e. The summed E-state index contributed by atoms with van der Waals surface area (Å²) >= 11 is 0. The number of hydrogen-bond donors (Lipinski definition) is 1. The molecule has 1 aromatic carbocycles. The van der Waals surface area contributed by atoms with Crippen LogP contribution < -0.4 is 0 Å². The van der Waals surface area contributed by atoms with Crippen molar-refractivity contribution < 1.29 is 9.90 Å². The topological polar surface area (TPSA) is 37.3 Å². The van der Waals surface area contributed by atoms with E-state index in [2.05, 4.69) is 12.1 Å². The van der Waals surface area contributed by atoms with Crippen molar-refractivity contribution in [3.63, 3.8) is 0 Å². The number of rotatable bonds is 2. The van der Waals surface area contributed by atoms with Crippen LogP contribution in [0.1, 0.15) is 31.4 Å². The zero-order valence-electron chi connectivity index (χ0n) is 9.86. The second-order valence-corrected chi connectivity index (χ2v) is 5.13. The SMILES string of the molecule is CC(C)(O)C(=O)C1CCc2ccccc2C1. The lowest BCUT2D eigenvalue weighted by molar-refractivity contribution is -0.138. The first-order valence-corrected chi connectivity index (χ1v) is 5.82. The van der Waals surface area contributed by atoms with Crippen LogP contribution >= 0.6 is 0 Å². The van der Waals surface area contributed by atoms with Crippen molar-refractivity contribution in [2.75, 3.05) is 0 Å². The summed E-state index contributed by atoms with van der Waals surface area (Å²) in [5.74, 6) is -0.0445. The summed E-state index contributed by atoms with van der Waals surface area (Å²) in [5, 5.41) is 9.74. The fourth-order valence-corrected chi connectivity index (χ4v) is 2.42. The maximum Gasteiger partial charge on any atom is 0.167 e. The maximum absolute atomic E-state index is 12.0. The molecular weight excluding hydrogens is 200 g/mol. The Kier molecular flexibility index (Phi) is 2.85. The normalized spacial score (nSPS) is 20.3. The molecule has 0 bridgehead atoms. The molecule has 0 radical (unpaired) electrons. The smallest absolute Gasteiger partial charge is 0.167 e. The van der Waals surface area contributed by atoms with Crippen LogP contribution in [0, 0.1) is 5.92 Å².